The van der Waals surface area contributed by atoms with Crippen molar-refractivity contribution in [1.82, 2.24) is 15.1 Å². The van der Waals surface area contributed by atoms with Gasteiger partial charge in [0.25, 0.3) is 0 Å². The van der Waals surface area contributed by atoms with Gasteiger partial charge < -0.3 is 10.2 Å². The Balaban J connectivity index is 1.06. The van der Waals surface area contributed by atoms with Crippen LogP contribution in [0.3, 0.4) is 0 Å². The van der Waals surface area contributed by atoms with Crippen molar-refractivity contribution in [3.8, 4) is 0 Å². The molecule has 5 aliphatic rings. The highest BCUT2D eigenvalue weighted by Crippen LogP contribution is 2.61. The number of rotatable bonds is 6. The first-order valence-corrected chi connectivity index (χ1v) is 12.2. The van der Waals surface area contributed by atoms with E-state index in [1.54, 1.807) is 4.90 Å². The predicted octanol–water partition coefficient (Wildman–Crippen LogP) is 3.47. The SMILES string of the molecule is O=C(CC12CC3CC(CC(C3)C1)C2)NCC(=O)N1CCN(Cc2cc(F)cc(F)c2F)CC1. The zero-order chi connectivity index (χ0) is 23.2. The highest BCUT2D eigenvalue weighted by molar-refractivity contribution is 5.85. The number of hydrogen-bond donors (Lipinski definition) is 1. The molecular weight excluding hydrogens is 431 g/mol. The normalized spacial score (nSPS) is 31.1. The Morgan fingerprint density at radius 2 is 1.55 bits per heavy atom. The molecule has 0 radical (unpaired) electrons. The summed E-state index contributed by atoms with van der Waals surface area (Å²) in [7, 11) is 0. The van der Waals surface area contributed by atoms with Gasteiger partial charge in [-0.05, 0) is 67.8 Å². The maximum atomic E-state index is 13.9. The third kappa shape index (κ3) is 4.91. The topological polar surface area (TPSA) is 52.7 Å². The van der Waals surface area contributed by atoms with E-state index in [2.05, 4.69) is 5.32 Å². The van der Waals surface area contributed by atoms with Crippen molar-refractivity contribution in [2.45, 2.75) is 51.5 Å². The van der Waals surface area contributed by atoms with Crippen LogP contribution in [-0.4, -0.2) is 54.3 Å². The van der Waals surface area contributed by atoms with Gasteiger partial charge in [-0.2, -0.15) is 0 Å². The van der Waals surface area contributed by atoms with Crippen LogP contribution in [0.1, 0.15) is 50.5 Å². The Kier molecular flexibility index (Phi) is 6.14. The van der Waals surface area contributed by atoms with Crippen molar-refractivity contribution in [3.63, 3.8) is 0 Å². The van der Waals surface area contributed by atoms with Crippen LogP contribution in [-0.2, 0) is 16.1 Å². The van der Waals surface area contributed by atoms with E-state index in [1.807, 2.05) is 4.90 Å². The Hall–Kier alpha value is -2.09. The summed E-state index contributed by atoms with van der Waals surface area (Å²) < 4.78 is 40.7. The van der Waals surface area contributed by atoms with E-state index in [-0.39, 0.29) is 35.9 Å². The minimum absolute atomic E-state index is 0.00502. The maximum Gasteiger partial charge on any atom is 0.242 e. The second-order valence-electron chi connectivity index (χ2n) is 10.9. The first-order chi connectivity index (χ1) is 15.8. The van der Waals surface area contributed by atoms with Gasteiger partial charge in [-0.3, -0.25) is 14.5 Å². The number of amides is 2. The molecule has 4 aliphatic carbocycles. The van der Waals surface area contributed by atoms with Crippen LogP contribution in [0, 0.1) is 40.6 Å². The van der Waals surface area contributed by atoms with Crippen molar-refractivity contribution in [1.29, 1.82) is 0 Å². The van der Waals surface area contributed by atoms with Crippen LogP contribution in [0.15, 0.2) is 12.1 Å². The van der Waals surface area contributed by atoms with Gasteiger partial charge in [0.05, 0.1) is 6.54 Å². The summed E-state index contributed by atoms with van der Waals surface area (Å²) >= 11 is 0. The fourth-order valence-electron chi connectivity index (χ4n) is 7.32. The number of piperazine rings is 1. The summed E-state index contributed by atoms with van der Waals surface area (Å²) in [6.07, 6.45) is 8.05. The summed E-state index contributed by atoms with van der Waals surface area (Å²) in [5.74, 6) is -0.802. The molecule has 0 aromatic heterocycles. The molecule has 0 atom stereocenters. The van der Waals surface area contributed by atoms with Crippen molar-refractivity contribution in [2.24, 2.45) is 23.2 Å². The number of halogens is 3. The van der Waals surface area contributed by atoms with Gasteiger partial charge in [0.15, 0.2) is 11.6 Å². The van der Waals surface area contributed by atoms with E-state index < -0.39 is 17.5 Å². The van der Waals surface area contributed by atoms with Gasteiger partial charge in [-0.25, -0.2) is 13.2 Å². The molecule has 5 fully saturated rings. The molecule has 4 bridgehead atoms. The van der Waals surface area contributed by atoms with Gasteiger partial charge in [0.2, 0.25) is 11.8 Å². The highest BCUT2D eigenvalue weighted by atomic mass is 19.2. The molecule has 1 aliphatic heterocycles. The van der Waals surface area contributed by atoms with Gasteiger partial charge in [-0.1, -0.05) is 0 Å². The van der Waals surface area contributed by atoms with Crippen LogP contribution < -0.4 is 5.32 Å². The molecule has 1 aromatic carbocycles. The summed E-state index contributed by atoms with van der Waals surface area (Å²) in [6, 6.07) is 1.54. The average molecular weight is 464 g/mol. The number of nitrogens with zero attached hydrogens (tertiary/aromatic N) is 2. The Bertz CT molecular complexity index is 894. The van der Waals surface area contributed by atoms with E-state index in [1.165, 1.54) is 38.5 Å². The number of hydrogen-bond acceptors (Lipinski definition) is 3. The molecule has 1 heterocycles. The van der Waals surface area contributed by atoms with Crippen LogP contribution in [0.5, 0.6) is 0 Å². The third-order valence-electron chi connectivity index (χ3n) is 8.32. The summed E-state index contributed by atoms with van der Waals surface area (Å²) in [4.78, 5) is 28.8. The van der Waals surface area contributed by atoms with Crippen molar-refractivity contribution >= 4 is 11.8 Å². The average Bonchev–Trinajstić information content (AvgIpc) is 2.74. The second-order valence-corrected chi connectivity index (χ2v) is 10.9. The molecule has 8 heteroatoms. The quantitative estimate of drug-likeness (QED) is 0.658. The van der Waals surface area contributed by atoms with Crippen molar-refractivity contribution < 1.29 is 22.8 Å². The van der Waals surface area contributed by atoms with Crippen molar-refractivity contribution in [3.05, 3.63) is 35.1 Å². The monoisotopic (exact) mass is 463 g/mol. The molecule has 2 amide bonds. The Labute approximate surface area is 192 Å². The molecule has 0 spiro atoms. The van der Waals surface area contributed by atoms with Crippen LogP contribution >= 0.6 is 0 Å². The van der Waals surface area contributed by atoms with Crippen LogP contribution in [0.25, 0.3) is 0 Å². The van der Waals surface area contributed by atoms with E-state index >= 15 is 0 Å². The number of carbonyl (C=O) groups is 2. The Morgan fingerprint density at radius 1 is 0.939 bits per heavy atom. The van der Waals surface area contributed by atoms with Crippen LogP contribution in [0.4, 0.5) is 13.2 Å². The molecule has 1 saturated heterocycles. The summed E-state index contributed by atoms with van der Waals surface area (Å²) in [5.41, 5.74) is 0.128. The molecule has 1 N–H and O–H groups in total. The summed E-state index contributed by atoms with van der Waals surface area (Å²) in [6.45, 7) is 1.90. The molecule has 33 heavy (non-hydrogen) atoms. The third-order valence-corrected chi connectivity index (χ3v) is 8.32. The molecule has 0 unspecified atom stereocenters. The lowest BCUT2D eigenvalue weighted by Gasteiger charge is -2.56. The molecular formula is C25H32F3N3O2. The second kappa shape index (κ2) is 8.93. The molecule has 4 saturated carbocycles. The van der Waals surface area contributed by atoms with Gasteiger partial charge in [-0.15, -0.1) is 0 Å². The summed E-state index contributed by atoms with van der Waals surface area (Å²) in [5, 5.41) is 2.85. The molecule has 180 valence electrons. The fourth-order valence-corrected chi connectivity index (χ4v) is 7.32. The zero-order valence-corrected chi connectivity index (χ0v) is 18.9. The van der Waals surface area contributed by atoms with Crippen LogP contribution in [0.2, 0.25) is 0 Å². The number of nitrogens with one attached hydrogen (secondary N) is 1. The fraction of sp³-hybridized carbons (Fsp3) is 0.680. The van der Waals surface area contributed by atoms with Crippen molar-refractivity contribution in [2.75, 3.05) is 32.7 Å². The van der Waals surface area contributed by atoms with E-state index in [0.717, 1.165) is 23.8 Å². The molecule has 6 rings (SSSR count). The van der Waals surface area contributed by atoms with Gasteiger partial charge in [0, 0.05) is 50.8 Å². The van der Waals surface area contributed by atoms with E-state index in [4.69, 9.17) is 0 Å². The Morgan fingerprint density at radius 3 is 2.15 bits per heavy atom. The first-order valence-electron chi connectivity index (χ1n) is 12.2. The molecule has 5 nitrogen and oxygen atoms in total. The maximum absolute atomic E-state index is 13.9. The smallest absolute Gasteiger partial charge is 0.242 e. The minimum Gasteiger partial charge on any atom is -0.347 e. The first kappa shape index (κ1) is 22.7. The number of carbonyl (C=O) groups excluding carboxylic acids is 2. The highest BCUT2D eigenvalue weighted by Gasteiger charge is 2.51. The van der Waals surface area contributed by atoms with Gasteiger partial charge >= 0.3 is 0 Å². The van der Waals surface area contributed by atoms with E-state index in [0.29, 0.717) is 38.7 Å². The number of benzene rings is 1. The largest absolute Gasteiger partial charge is 0.347 e. The zero-order valence-electron chi connectivity index (χ0n) is 18.9. The lowest BCUT2D eigenvalue weighted by molar-refractivity contribution is -0.136. The minimum atomic E-state index is -1.19. The lowest BCUT2D eigenvalue weighted by Crippen LogP contribution is -2.51. The standard InChI is InChI=1S/C25H32F3N3O2/c26-20-8-19(24(28)21(27)9-20)15-30-1-3-31(4-2-30)23(33)14-29-22(32)13-25-10-16-5-17(11-25)7-18(6-16)12-25/h8-9,16-18H,1-7,10-15H2,(H,29,32). The van der Waals surface area contributed by atoms with Gasteiger partial charge in [0.1, 0.15) is 5.82 Å². The predicted molar refractivity (Wildman–Crippen MR) is 116 cm³/mol. The lowest BCUT2D eigenvalue weighted by atomic mass is 9.49. The molecule has 1 aromatic rings. The van der Waals surface area contributed by atoms with E-state index in [9.17, 15) is 22.8 Å².